The highest BCUT2D eigenvalue weighted by Crippen LogP contribution is 2.23. The molecule has 2 aromatic rings. The number of carbonyl (C=O) groups is 1. The predicted octanol–water partition coefficient (Wildman–Crippen LogP) is 2.47. The van der Waals surface area contributed by atoms with Crippen LogP contribution in [0.25, 0.3) is 17.0 Å². The van der Waals surface area contributed by atoms with Crippen molar-refractivity contribution in [2.45, 2.75) is 0 Å². The average Bonchev–Trinajstić information content (AvgIpc) is 2.58. The standard InChI is InChI=1S/C11H8ClNO3/c12-7-1-2-10-6(3-7)4-8(16-10)5-9(13)11(14)15/h1-5H,13H2,(H,14,15)/b9-5+. The van der Waals surface area contributed by atoms with Crippen LogP contribution in [0.3, 0.4) is 0 Å². The molecule has 0 atom stereocenters. The lowest BCUT2D eigenvalue weighted by Gasteiger charge is -1.90. The van der Waals surface area contributed by atoms with E-state index in [-0.39, 0.29) is 5.70 Å². The van der Waals surface area contributed by atoms with E-state index in [1.807, 2.05) is 0 Å². The Kier molecular flexibility index (Phi) is 2.58. The van der Waals surface area contributed by atoms with Crippen LogP contribution in [0.15, 0.2) is 34.4 Å². The van der Waals surface area contributed by atoms with Crippen LogP contribution in [0.4, 0.5) is 0 Å². The van der Waals surface area contributed by atoms with Crippen LogP contribution < -0.4 is 5.73 Å². The second kappa shape index (κ2) is 3.90. The van der Waals surface area contributed by atoms with Crippen LogP contribution >= 0.6 is 11.6 Å². The van der Waals surface area contributed by atoms with Crippen molar-refractivity contribution < 1.29 is 14.3 Å². The van der Waals surface area contributed by atoms with E-state index in [0.29, 0.717) is 16.4 Å². The molecule has 3 N–H and O–H groups in total. The molecule has 0 spiro atoms. The summed E-state index contributed by atoms with van der Waals surface area (Å²) in [6.07, 6.45) is 1.26. The van der Waals surface area contributed by atoms with Gasteiger partial charge in [0.15, 0.2) is 0 Å². The van der Waals surface area contributed by atoms with Gasteiger partial charge in [-0.1, -0.05) is 11.6 Å². The first-order valence-corrected chi connectivity index (χ1v) is 4.83. The van der Waals surface area contributed by atoms with Crippen molar-refractivity contribution in [1.82, 2.24) is 0 Å². The molecule has 0 aliphatic rings. The number of hydrogen-bond donors (Lipinski definition) is 2. The topological polar surface area (TPSA) is 76.5 Å². The monoisotopic (exact) mass is 237 g/mol. The lowest BCUT2D eigenvalue weighted by atomic mass is 10.2. The van der Waals surface area contributed by atoms with Gasteiger partial charge in [0.25, 0.3) is 0 Å². The third-order valence-electron chi connectivity index (χ3n) is 2.04. The maximum absolute atomic E-state index is 10.5. The summed E-state index contributed by atoms with van der Waals surface area (Å²) in [5.74, 6) is -0.796. The Morgan fingerprint density at radius 3 is 2.88 bits per heavy atom. The van der Waals surface area contributed by atoms with Gasteiger partial charge in [-0.05, 0) is 24.3 Å². The minimum Gasteiger partial charge on any atom is -0.477 e. The van der Waals surface area contributed by atoms with Crippen LogP contribution in [0.5, 0.6) is 0 Å². The summed E-state index contributed by atoms with van der Waals surface area (Å²) in [4.78, 5) is 10.5. The summed E-state index contributed by atoms with van der Waals surface area (Å²) in [7, 11) is 0. The van der Waals surface area contributed by atoms with Gasteiger partial charge in [0.05, 0.1) is 0 Å². The van der Waals surface area contributed by atoms with E-state index < -0.39 is 5.97 Å². The Morgan fingerprint density at radius 2 is 2.19 bits per heavy atom. The maximum atomic E-state index is 10.5. The Balaban J connectivity index is 2.48. The van der Waals surface area contributed by atoms with Crippen LogP contribution in [-0.4, -0.2) is 11.1 Å². The zero-order chi connectivity index (χ0) is 11.7. The van der Waals surface area contributed by atoms with Gasteiger partial charge in [0.2, 0.25) is 0 Å². The zero-order valence-electron chi connectivity index (χ0n) is 8.11. The third-order valence-corrected chi connectivity index (χ3v) is 2.28. The van der Waals surface area contributed by atoms with Crippen molar-refractivity contribution >= 4 is 34.6 Å². The minimum absolute atomic E-state index is 0.273. The van der Waals surface area contributed by atoms with Gasteiger partial charge in [-0.2, -0.15) is 0 Å². The summed E-state index contributed by atoms with van der Waals surface area (Å²) in [6.45, 7) is 0. The normalized spacial score (nSPS) is 11.9. The molecule has 0 bridgehead atoms. The molecule has 2 rings (SSSR count). The summed E-state index contributed by atoms with van der Waals surface area (Å²) in [5.41, 5.74) is 5.64. The van der Waals surface area contributed by atoms with Crippen LogP contribution in [0, 0.1) is 0 Å². The van der Waals surface area contributed by atoms with E-state index in [9.17, 15) is 4.79 Å². The molecule has 1 aromatic heterocycles. The SMILES string of the molecule is N/C(=C/c1cc2cc(Cl)ccc2o1)C(=O)O. The molecule has 0 amide bonds. The number of hydrogen-bond acceptors (Lipinski definition) is 3. The molecule has 0 aliphatic carbocycles. The molecule has 1 heterocycles. The molecule has 0 radical (unpaired) electrons. The van der Waals surface area contributed by atoms with E-state index in [2.05, 4.69) is 0 Å². The number of nitrogens with two attached hydrogens (primary N) is 1. The molecular weight excluding hydrogens is 230 g/mol. The smallest absolute Gasteiger partial charge is 0.351 e. The van der Waals surface area contributed by atoms with Gasteiger partial charge >= 0.3 is 5.97 Å². The molecule has 1 aromatic carbocycles. The first-order valence-electron chi connectivity index (χ1n) is 4.46. The first-order chi connectivity index (χ1) is 7.56. The van der Waals surface area contributed by atoms with Crippen LogP contribution in [0.1, 0.15) is 5.76 Å². The highest BCUT2D eigenvalue weighted by atomic mass is 35.5. The van der Waals surface area contributed by atoms with Gasteiger partial charge in [0.1, 0.15) is 17.0 Å². The molecule has 0 saturated heterocycles. The number of carboxylic acids is 1. The third kappa shape index (κ3) is 2.01. The second-order valence-electron chi connectivity index (χ2n) is 3.24. The van der Waals surface area contributed by atoms with Gasteiger partial charge in [-0.3, -0.25) is 0 Å². The van der Waals surface area contributed by atoms with Crippen molar-refractivity contribution in [1.29, 1.82) is 0 Å². The van der Waals surface area contributed by atoms with Gasteiger partial charge < -0.3 is 15.3 Å². The number of carboxylic acid groups (broad SMARTS) is 1. The summed E-state index contributed by atoms with van der Waals surface area (Å²) >= 11 is 5.81. The quantitative estimate of drug-likeness (QED) is 0.787. The average molecular weight is 238 g/mol. The fourth-order valence-electron chi connectivity index (χ4n) is 1.32. The highest BCUT2D eigenvalue weighted by molar-refractivity contribution is 6.31. The van der Waals surface area contributed by atoms with Gasteiger partial charge in [-0.25, -0.2) is 4.79 Å². The molecule has 0 unspecified atom stereocenters. The largest absolute Gasteiger partial charge is 0.477 e. The molecule has 0 fully saturated rings. The fraction of sp³-hybridized carbons (Fsp3) is 0. The maximum Gasteiger partial charge on any atom is 0.351 e. The number of benzene rings is 1. The van der Waals surface area contributed by atoms with Crippen molar-refractivity contribution in [2.75, 3.05) is 0 Å². The van der Waals surface area contributed by atoms with Crippen molar-refractivity contribution in [3.63, 3.8) is 0 Å². The number of halogens is 1. The molecular formula is C11H8ClNO3. The zero-order valence-corrected chi connectivity index (χ0v) is 8.86. The second-order valence-corrected chi connectivity index (χ2v) is 3.67. The summed E-state index contributed by atoms with van der Waals surface area (Å²) in [5, 5.41) is 10.0. The van der Waals surface area contributed by atoms with Gasteiger partial charge in [-0.15, -0.1) is 0 Å². The Morgan fingerprint density at radius 1 is 1.44 bits per heavy atom. The fourth-order valence-corrected chi connectivity index (χ4v) is 1.50. The molecule has 0 saturated carbocycles. The highest BCUT2D eigenvalue weighted by Gasteiger charge is 2.05. The Hall–Kier alpha value is -1.94. The minimum atomic E-state index is -1.18. The van der Waals surface area contributed by atoms with Crippen LogP contribution in [-0.2, 0) is 4.79 Å². The van der Waals surface area contributed by atoms with Crippen LogP contribution in [0.2, 0.25) is 5.02 Å². The Labute approximate surface area is 95.9 Å². The van der Waals surface area contributed by atoms with Crippen molar-refractivity contribution in [3.8, 4) is 0 Å². The summed E-state index contributed by atoms with van der Waals surface area (Å²) < 4.78 is 5.37. The molecule has 82 valence electrons. The van der Waals surface area contributed by atoms with E-state index in [1.165, 1.54) is 6.08 Å². The lowest BCUT2D eigenvalue weighted by molar-refractivity contribution is -0.132. The van der Waals surface area contributed by atoms with E-state index >= 15 is 0 Å². The van der Waals surface area contributed by atoms with Crippen molar-refractivity contribution in [2.24, 2.45) is 5.73 Å². The molecule has 5 heteroatoms. The number of aliphatic carboxylic acids is 1. The molecule has 0 aliphatic heterocycles. The van der Waals surface area contributed by atoms with E-state index in [0.717, 1.165) is 5.39 Å². The molecule has 4 nitrogen and oxygen atoms in total. The molecule has 16 heavy (non-hydrogen) atoms. The number of rotatable bonds is 2. The van der Waals surface area contributed by atoms with Crippen molar-refractivity contribution in [3.05, 3.63) is 40.7 Å². The van der Waals surface area contributed by atoms with E-state index in [4.69, 9.17) is 26.9 Å². The van der Waals surface area contributed by atoms with Gasteiger partial charge in [0, 0.05) is 16.5 Å². The first kappa shape index (κ1) is 10.6. The van der Waals surface area contributed by atoms with E-state index in [1.54, 1.807) is 24.3 Å². The Bertz CT molecular complexity index is 586. The summed E-state index contributed by atoms with van der Waals surface area (Å²) in [6, 6.07) is 6.82. The predicted molar refractivity (Wildman–Crippen MR) is 61.0 cm³/mol. The lowest BCUT2D eigenvalue weighted by Crippen LogP contribution is -2.08. The number of fused-ring (bicyclic) bond motifs is 1. The number of furan rings is 1.